The highest BCUT2D eigenvalue weighted by Gasteiger charge is 2.35. The van der Waals surface area contributed by atoms with Crippen molar-refractivity contribution >= 4 is 44.9 Å². The fraction of sp³-hybridized carbons (Fsp3) is 0.158. The Kier molecular flexibility index (Phi) is 5.60. The maximum absolute atomic E-state index is 12.6. The number of imide groups is 1. The second-order valence-electron chi connectivity index (χ2n) is 5.37. The van der Waals surface area contributed by atoms with Gasteiger partial charge in [0.25, 0.3) is 11.1 Å². The summed E-state index contributed by atoms with van der Waals surface area (Å²) in [5, 5.41) is -0.256. The highest BCUT2D eigenvalue weighted by Crippen LogP contribution is 2.34. The van der Waals surface area contributed by atoms with Crippen LogP contribution in [0.4, 0.5) is 4.79 Å². The van der Waals surface area contributed by atoms with E-state index in [4.69, 9.17) is 4.74 Å². The second kappa shape index (κ2) is 7.89. The largest absolute Gasteiger partial charge is 0.493 e. The van der Waals surface area contributed by atoms with Gasteiger partial charge >= 0.3 is 0 Å². The summed E-state index contributed by atoms with van der Waals surface area (Å²) in [5.74, 6) is 0.425. The van der Waals surface area contributed by atoms with Gasteiger partial charge in [-0.1, -0.05) is 46.3 Å². The number of benzene rings is 2. The van der Waals surface area contributed by atoms with Gasteiger partial charge in [-0.05, 0) is 48.5 Å². The first-order valence-electron chi connectivity index (χ1n) is 7.80. The van der Waals surface area contributed by atoms with Gasteiger partial charge in [-0.2, -0.15) is 0 Å². The molecule has 4 nitrogen and oxygen atoms in total. The van der Waals surface area contributed by atoms with Crippen molar-refractivity contribution in [3.8, 4) is 5.75 Å². The molecule has 2 aromatic carbocycles. The third-order valence-corrected chi connectivity index (χ3v) is 5.07. The third-order valence-electron chi connectivity index (χ3n) is 3.63. The standard InChI is InChI=1S/C19H16BrNO3S/c1-2-24-16-6-4-3-5-14(16)11-17-18(22)21(19(23)25-17)12-13-7-9-15(20)10-8-13/h3-11H,2,12H2,1H3/b17-11-. The lowest BCUT2D eigenvalue weighted by molar-refractivity contribution is -0.123. The molecular weight excluding hydrogens is 402 g/mol. The summed E-state index contributed by atoms with van der Waals surface area (Å²) >= 11 is 4.33. The Balaban J connectivity index is 1.82. The molecule has 0 aromatic heterocycles. The lowest BCUT2D eigenvalue weighted by Crippen LogP contribution is -2.27. The molecule has 0 spiro atoms. The van der Waals surface area contributed by atoms with Crippen LogP contribution in [0.15, 0.2) is 57.9 Å². The number of hydrogen-bond acceptors (Lipinski definition) is 4. The minimum atomic E-state index is -0.274. The summed E-state index contributed by atoms with van der Waals surface area (Å²) in [6.07, 6.45) is 1.72. The minimum Gasteiger partial charge on any atom is -0.493 e. The van der Waals surface area contributed by atoms with E-state index in [9.17, 15) is 9.59 Å². The van der Waals surface area contributed by atoms with Gasteiger partial charge in [0.2, 0.25) is 0 Å². The minimum absolute atomic E-state index is 0.256. The number of nitrogens with zero attached hydrogens (tertiary/aromatic N) is 1. The number of carbonyl (C=O) groups is 2. The molecule has 1 aliphatic heterocycles. The van der Waals surface area contributed by atoms with E-state index < -0.39 is 0 Å². The van der Waals surface area contributed by atoms with Crippen molar-refractivity contribution < 1.29 is 14.3 Å². The van der Waals surface area contributed by atoms with Crippen LogP contribution in [0, 0.1) is 0 Å². The summed E-state index contributed by atoms with van der Waals surface area (Å²) in [4.78, 5) is 26.6. The Hall–Kier alpha value is -2.05. The van der Waals surface area contributed by atoms with E-state index >= 15 is 0 Å². The molecule has 0 atom stereocenters. The lowest BCUT2D eigenvalue weighted by atomic mass is 10.1. The van der Waals surface area contributed by atoms with Crippen LogP contribution < -0.4 is 4.74 Å². The van der Waals surface area contributed by atoms with Crippen LogP contribution in [-0.4, -0.2) is 22.7 Å². The van der Waals surface area contributed by atoms with Crippen molar-refractivity contribution in [1.29, 1.82) is 0 Å². The summed E-state index contributed by atoms with van der Waals surface area (Å²) < 4.78 is 6.53. The molecule has 0 radical (unpaired) electrons. The smallest absolute Gasteiger partial charge is 0.293 e. The predicted molar refractivity (Wildman–Crippen MR) is 103 cm³/mol. The van der Waals surface area contributed by atoms with Crippen molar-refractivity contribution in [2.45, 2.75) is 13.5 Å². The van der Waals surface area contributed by atoms with Gasteiger partial charge in [-0.3, -0.25) is 14.5 Å². The number of para-hydroxylation sites is 1. The maximum Gasteiger partial charge on any atom is 0.293 e. The van der Waals surface area contributed by atoms with Crippen LogP contribution in [-0.2, 0) is 11.3 Å². The molecule has 1 aliphatic rings. The van der Waals surface area contributed by atoms with Gasteiger partial charge < -0.3 is 4.74 Å². The maximum atomic E-state index is 12.6. The van der Waals surface area contributed by atoms with E-state index in [0.717, 1.165) is 27.4 Å². The van der Waals surface area contributed by atoms with Gasteiger partial charge in [-0.25, -0.2) is 0 Å². The number of thioether (sulfide) groups is 1. The van der Waals surface area contributed by atoms with E-state index in [2.05, 4.69) is 15.9 Å². The number of halogens is 1. The molecule has 0 aliphatic carbocycles. The SMILES string of the molecule is CCOc1ccccc1/C=C1\SC(=O)N(Cc2ccc(Br)cc2)C1=O. The van der Waals surface area contributed by atoms with Crippen molar-refractivity contribution in [3.63, 3.8) is 0 Å². The highest BCUT2D eigenvalue weighted by molar-refractivity contribution is 9.10. The molecule has 0 unspecified atom stereocenters. The lowest BCUT2D eigenvalue weighted by Gasteiger charge is -2.12. The van der Waals surface area contributed by atoms with Crippen LogP contribution in [0.3, 0.4) is 0 Å². The molecule has 0 bridgehead atoms. The summed E-state index contributed by atoms with van der Waals surface area (Å²) in [7, 11) is 0. The Morgan fingerprint density at radius 1 is 1.12 bits per heavy atom. The average molecular weight is 418 g/mol. The van der Waals surface area contributed by atoms with Crippen LogP contribution in [0.2, 0.25) is 0 Å². The number of carbonyl (C=O) groups excluding carboxylic acids is 2. The fourth-order valence-corrected chi connectivity index (χ4v) is 3.53. The topological polar surface area (TPSA) is 46.6 Å². The van der Waals surface area contributed by atoms with Gasteiger partial charge in [0.1, 0.15) is 5.75 Å². The van der Waals surface area contributed by atoms with Crippen LogP contribution in [0.5, 0.6) is 5.75 Å². The van der Waals surface area contributed by atoms with E-state index in [1.54, 1.807) is 6.08 Å². The number of ether oxygens (including phenoxy) is 1. The molecule has 6 heteroatoms. The zero-order valence-corrected chi connectivity index (χ0v) is 16.0. The summed E-state index contributed by atoms with van der Waals surface area (Å²) in [5.41, 5.74) is 1.69. The Labute approximate surface area is 159 Å². The van der Waals surface area contributed by atoms with Crippen molar-refractivity contribution in [1.82, 2.24) is 4.90 Å². The molecule has 128 valence electrons. The molecule has 0 N–H and O–H groups in total. The number of rotatable bonds is 5. The zero-order chi connectivity index (χ0) is 17.8. The summed E-state index contributed by atoms with van der Waals surface area (Å²) in [6, 6.07) is 15.0. The van der Waals surface area contributed by atoms with Crippen molar-refractivity contribution in [3.05, 3.63) is 69.0 Å². The molecule has 1 heterocycles. The number of amides is 2. The normalized spacial score (nSPS) is 15.9. The van der Waals surface area contributed by atoms with Crippen LogP contribution in [0.1, 0.15) is 18.1 Å². The third kappa shape index (κ3) is 4.14. The molecule has 3 rings (SSSR count). The van der Waals surface area contributed by atoms with E-state index in [0.29, 0.717) is 17.3 Å². The highest BCUT2D eigenvalue weighted by atomic mass is 79.9. The van der Waals surface area contributed by atoms with E-state index in [1.165, 1.54) is 4.90 Å². The molecule has 1 saturated heterocycles. The Morgan fingerprint density at radius 3 is 2.56 bits per heavy atom. The van der Waals surface area contributed by atoms with Crippen LogP contribution >= 0.6 is 27.7 Å². The molecular formula is C19H16BrNO3S. The Morgan fingerprint density at radius 2 is 1.84 bits per heavy atom. The fourth-order valence-electron chi connectivity index (χ4n) is 2.44. The first kappa shape index (κ1) is 17.8. The first-order valence-corrected chi connectivity index (χ1v) is 9.41. The second-order valence-corrected chi connectivity index (χ2v) is 7.27. The van der Waals surface area contributed by atoms with Gasteiger partial charge in [0.15, 0.2) is 0 Å². The van der Waals surface area contributed by atoms with Crippen LogP contribution in [0.25, 0.3) is 6.08 Å². The van der Waals surface area contributed by atoms with E-state index in [-0.39, 0.29) is 17.7 Å². The summed E-state index contributed by atoms with van der Waals surface area (Å²) in [6.45, 7) is 2.71. The predicted octanol–water partition coefficient (Wildman–Crippen LogP) is 5.08. The molecule has 0 saturated carbocycles. The molecule has 25 heavy (non-hydrogen) atoms. The van der Waals surface area contributed by atoms with Gasteiger partial charge in [-0.15, -0.1) is 0 Å². The van der Waals surface area contributed by atoms with Gasteiger partial charge in [0.05, 0.1) is 18.1 Å². The van der Waals surface area contributed by atoms with Gasteiger partial charge in [0, 0.05) is 10.0 Å². The Bertz CT molecular complexity index is 833. The molecule has 2 amide bonds. The monoisotopic (exact) mass is 417 g/mol. The van der Waals surface area contributed by atoms with E-state index in [1.807, 2.05) is 55.5 Å². The quantitative estimate of drug-likeness (QED) is 0.635. The average Bonchev–Trinajstić information content (AvgIpc) is 2.86. The van der Waals surface area contributed by atoms with Crippen molar-refractivity contribution in [2.75, 3.05) is 6.61 Å². The molecule has 1 fully saturated rings. The molecule has 2 aromatic rings. The van der Waals surface area contributed by atoms with Crippen molar-refractivity contribution in [2.24, 2.45) is 0 Å². The first-order chi connectivity index (χ1) is 12.1. The zero-order valence-electron chi connectivity index (χ0n) is 13.6. The number of hydrogen-bond donors (Lipinski definition) is 0.